The number of carbonyl (C=O) groups is 1. The Hall–Kier alpha value is -0.570. The topological polar surface area (TPSA) is 32.3 Å². The summed E-state index contributed by atoms with van der Waals surface area (Å²) in [6, 6.07) is 0. The summed E-state index contributed by atoms with van der Waals surface area (Å²) in [5.74, 6) is 1.79. The molecular formula is C14H26N2O. The summed E-state index contributed by atoms with van der Waals surface area (Å²) in [5, 5.41) is 3.37. The summed E-state index contributed by atoms with van der Waals surface area (Å²) in [4.78, 5) is 14.7. The minimum Gasteiger partial charge on any atom is -0.342 e. The average Bonchev–Trinajstić information content (AvgIpc) is 2.78. The van der Waals surface area contributed by atoms with Crippen LogP contribution in [-0.4, -0.2) is 37.0 Å². The van der Waals surface area contributed by atoms with E-state index in [1.807, 2.05) is 0 Å². The molecule has 0 aromatic heterocycles. The number of rotatable bonds is 2. The molecule has 2 rings (SSSR count). The zero-order valence-corrected chi connectivity index (χ0v) is 11.5. The van der Waals surface area contributed by atoms with Gasteiger partial charge in [-0.25, -0.2) is 0 Å². The first-order valence-electron chi connectivity index (χ1n) is 7.03. The van der Waals surface area contributed by atoms with E-state index in [1.54, 1.807) is 0 Å². The lowest BCUT2D eigenvalue weighted by Crippen LogP contribution is -2.49. The molecule has 0 saturated carbocycles. The number of piperidine rings is 1. The number of hydrogen-bond acceptors (Lipinski definition) is 2. The van der Waals surface area contributed by atoms with Gasteiger partial charge in [-0.15, -0.1) is 0 Å². The maximum atomic E-state index is 12.6. The number of amides is 1. The van der Waals surface area contributed by atoms with Crippen LogP contribution in [0.4, 0.5) is 0 Å². The number of hydrogen-bond donors (Lipinski definition) is 1. The molecule has 3 heteroatoms. The van der Waals surface area contributed by atoms with Crippen molar-refractivity contribution >= 4 is 5.91 Å². The van der Waals surface area contributed by atoms with Crippen LogP contribution in [0.2, 0.25) is 0 Å². The molecular weight excluding hydrogens is 212 g/mol. The monoisotopic (exact) mass is 238 g/mol. The van der Waals surface area contributed by atoms with Crippen LogP contribution in [0.3, 0.4) is 0 Å². The Kier molecular flexibility index (Phi) is 3.76. The smallest absolute Gasteiger partial charge is 0.229 e. The van der Waals surface area contributed by atoms with Crippen LogP contribution in [0.5, 0.6) is 0 Å². The fourth-order valence-corrected chi connectivity index (χ4v) is 3.14. The molecule has 0 aliphatic carbocycles. The molecule has 2 aliphatic rings. The van der Waals surface area contributed by atoms with Gasteiger partial charge in [0, 0.05) is 19.6 Å². The van der Waals surface area contributed by atoms with Crippen LogP contribution < -0.4 is 5.32 Å². The molecule has 0 radical (unpaired) electrons. The molecule has 0 spiro atoms. The highest BCUT2D eigenvalue weighted by Gasteiger charge is 2.40. The van der Waals surface area contributed by atoms with Crippen molar-refractivity contribution in [3.05, 3.63) is 0 Å². The first-order chi connectivity index (χ1) is 8.03. The largest absolute Gasteiger partial charge is 0.342 e. The highest BCUT2D eigenvalue weighted by Crippen LogP contribution is 2.32. The fourth-order valence-electron chi connectivity index (χ4n) is 3.14. The van der Waals surface area contributed by atoms with Crippen molar-refractivity contribution in [1.82, 2.24) is 10.2 Å². The van der Waals surface area contributed by atoms with Crippen LogP contribution in [0.1, 0.15) is 40.0 Å². The van der Waals surface area contributed by atoms with E-state index in [-0.39, 0.29) is 5.41 Å². The standard InChI is InChI=1S/C14H26N2O/c1-11(2)12-5-8-16(9-12)13(17)14(3)6-4-7-15-10-14/h11-12,15H,4-10H2,1-3H3. The van der Waals surface area contributed by atoms with Gasteiger partial charge in [-0.2, -0.15) is 0 Å². The van der Waals surface area contributed by atoms with Gasteiger partial charge in [0.2, 0.25) is 5.91 Å². The van der Waals surface area contributed by atoms with E-state index in [2.05, 4.69) is 31.0 Å². The van der Waals surface area contributed by atoms with Crippen molar-refractivity contribution in [2.45, 2.75) is 40.0 Å². The average molecular weight is 238 g/mol. The second-order valence-corrected chi connectivity index (χ2v) is 6.38. The van der Waals surface area contributed by atoms with E-state index in [1.165, 1.54) is 6.42 Å². The molecule has 2 saturated heterocycles. The first kappa shape index (κ1) is 12.9. The molecule has 2 heterocycles. The lowest BCUT2D eigenvalue weighted by Gasteiger charge is -2.36. The van der Waals surface area contributed by atoms with Gasteiger partial charge in [-0.05, 0) is 44.6 Å². The normalized spacial score (nSPS) is 34.4. The van der Waals surface area contributed by atoms with Gasteiger partial charge in [-0.1, -0.05) is 13.8 Å². The molecule has 98 valence electrons. The number of nitrogens with one attached hydrogen (secondary N) is 1. The Morgan fingerprint density at radius 2 is 2.24 bits per heavy atom. The quantitative estimate of drug-likeness (QED) is 0.796. The Labute approximate surface area is 105 Å². The minimum absolute atomic E-state index is 0.149. The minimum atomic E-state index is -0.149. The molecule has 2 fully saturated rings. The predicted octanol–water partition coefficient (Wildman–Crippen LogP) is 1.88. The fraction of sp³-hybridized carbons (Fsp3) is 0.929. The van der Waals surface area contributed by atoms with Crippen molar-refractivity contribution < 1.29 is 4.79 Å². The summed E-state index contributed by atoms with van der Waals surface area (Å²) in [6.07, 6.45) is 3.36. The molecule has 2 atom stereocenters. The predicted molar refractivity (Wildman–Crippen MR) is 69.7 cm³/mol. The second-order valence-electron chi connectivity index (χ2n) is 6.38. The number of carbonyl (C=O) groups excluding carboxylic acids is 1. The molecule has 0 aromatic carbocycles. The van der Waals surface area contributed by atoms with Gasteiger partial charge in [0.1, 0.15) is 0 Å². The van der Waals surface area contributed by atoms with E-state index in [0.29, 0.717) is 17.7 Å². The molecule has 3 nitrogen and oxygen atoms in total. The SMILES string of the molecule is CC(C)C1CCN(C(=O)C2(C)CCCNC2)C1. The van der Waals surface area contributed by atoms with Crippen LogP contribution >= 0.6 is 0 Å². The van der Waals surface area contributed by atoms with Gasteiger partial charge in [0.15, 0.2) is 0 Å². The Morgan fingerprint density at radius 1 is 1.47 bits per heavy atom. The summed E-state index contributed by atoms with van der Waals surface area (Å²) in [5.41, 5.74) is -0.149. The summed E-state index contributed by atoms with van der Waals surface area (Å²) in [6.45, 7) is 10.5. The van der Waals surface area contributed by atoms with Crippen LogP contribution in [0.15, 0.2) is 0 Å². The van der Waals surface area contributed by atoms with Crippen molar-refractivity contribution in [2.75, 3.05) is 26.2 Å². The van der Waals surface area contributed by atoms with E-state index in [4.69, 9.17) is 0 Å². The molecule has 1 amide bonds. The third-order valence-corrected chi connectivity index (χ3v) is 4.57. The van der Waals surface area contributed by atoms with Crippen LogP contribution in [0, 0.1) is 17.3 Å². The summed E-state index contributed by atoms with van der Waals surface area (Å²) in [7, 11) is 0. The van der Waals surface area contributed by atoms with E-state index >= 15 is 0 Å². The third kappa shape index (κ3) is 2.65. The maximum absolute atomic E-state index is 12.6. The van der Waals surface area contributed by atoms with E-state index in [0.717, 1.165) is 39.0 Å². The molecule has 0 aromatic rings. The van der Waals surface area contributed by atoms with Crippen molar-refractivity contribution in [3.63, 3.8) is 0 Å². The van der Waals surface area contributed by atoms with Gasteiger partial charge in [-0.3, -0.25) is 4.79 Å². The molecule has 17 heavy (non-hydrogen) atoms. The Bertz CT molecular complexity index is 282. The Balaban J connectivity index is 1.96. The molecule has 1 N–H and O–H groups in total. The molecule has 0 bridgehead atoms. The van der Waals surface area contributed by atoms with E-state index in [9.17, 15) is 4.79 Å². The van der Waals surface area contributed by atoms with Gasteiger partial charge >= 0.3 is 0 Å². The maximum Gasteiger partial charge on any atom is 0.229 e. The second kappa shape index (κ2) is 4.97. The Morgan fingerprint density at radius 3 is 2.76 bits per heavy atom. The van der Waals surface area contributed by atoms with Gasteiger partial charge < -0.3 is 10.2 Å². The summed E-state index contributed by atoms with van der Waals surface area (Å²) < 4.78 is 0. The lowest BCUT2D eigenvalue weighted by atomic mass is 9.81. The molecule has 2 unspecified atom stereocenters. The summed E-state index contributed by atoms with van der Waals surface area (Å²) >= 11 is 0. The van der Waals surface area contributed by atoms with Crippen molar-refractivity contribution in [2.24, 2.45) is 17.3 Å². The van der Waals surface area contributed by atoms with E-state index < -0.39 is 0 Å². The molecule has 2 aliphatic heterocycles. The van der Waals surface area contributed by atoms with Crippen molar-refractivity contribution in [3.8, 4) is 0 Å². The van der Waals surface area contributed by atoms with Gasteiger partial charge in [0.05, 0.1) is 5.41 Å². The van der Waals surface area contributed by atoms with Crippen LogP contribution in [-0.2, 0) is 4.79 Å². The number of likely N-dealkylation sites (tertiary alicyclic amines) is 1. The third-order valence-electron chi connectivity index (χ3n) is 4.57. The zero-order chi connectivity index (χ0) is 12.5. The van der Waals surface area contributed by atoms with Crippen molar-refractivity contribution in [1.29, 1.82) is 0 Å². The first-order valence-corrected chi connectivity index (χ1v) is 7.03. The zero-order valence-electron chi connectivity index (χ0n) is 11.5. The van der Waals surface area contributed by atoms with Gasteiger partial charge in [0.25, 0.3) is 0 Å². The highest BCUT2D eigenvalue weighted by molar-refractivity contribution is 5.83. The van der Waals surface area contributed by atoms with Crippen LogP contribution in [0.25, 0.3) is 0 Å². The lowest BCUT2D eigenvalue weighted by molar-refractivity contribution is -0.141. The highest BCUT2D eigenvalue weighted by atomic mass is 16.2. The number of nitrogens with zero attached hydrogens (tertiary/aromatic N) is 1.